The number of sulfonamides is 1. The summed E-state index contributed by atoms with van der Waals surface area (Å²) in [6, 6.07) is 11.0. The fourth-order valence-corrected chi connectivity index (χ4v) is 3.05. The lowest BCUT2D eigenvalue weighted by Crippen LogP contribution is -2.36. The second kappa shape index (κ2) is 5.94. The van der Waals surface area contributed by atoms with Crippen molar-refractivity contribution in [3.63, 3.8) is 0 Å². The fraction of sp³-hybridized carbons (Fsp3) is 0.143. The topological polar surface area (TPSA) is 80.3 Å². The van der Waals surface area contributed by atoms with Crippen molar-refractivity contribution in [3.8, 4) is 0 Å². The third kappa shape index (κ3) is 3.09. The molecular weight excluding hydrogens is 278 g/mol. The van der Waals surface area contributed by atoms with Gasteiger partial charge in [0.2, 0.25) is 10.0 Å². The van der Waals surface area contributed by atoms with Gasteiger partial charge in [0.25, 0.3) is 0 Å². The van der Waals surface area contributed by atoms with E-state index in [1.165, 1.54) is 12.1 Å². The van der Waals surface area contributed by atoms with Crippen LogP contribution >= 0.6 is 0 Å². The highest BCUT2D eigenvalue weighted by molar-refractivity contribution is 7.89. The molecule has 0 spiro atoms. The lowest BCUT2D eigenvalue weighted by Gasteiger charge is -2.11. The Kier molecular flexibility index (Phi) is 4.26. The first-order valence-electron chi connectivity index (χ1n) is 5.97. The summed E-state index contributed by atoms with van der Waals surface area (Å²) < 4.78 is 26.5. The Labute approximate surface area is 116 Å². The maximum absolute atomic E-state index is 12.1. The van der Waals surface area contributed by atoms with E-state index in [1.54, 1.807) is 12.1 Å². The van der Waals surface area contributed by atoms with Crippen LogP contribution in [0.2, 0.25) is 0 Å². The molecule has 2 aromatic carbocycles. The normalized spacial score (nSPS) is 13.0. The zero-order valence-electron chi connectivity index (χ0n) is 10.5. The van der Waals surface area contributed by atoms with Crippen molar-refractivity contribution in [1.29, 1.82) is 0 Å². The van der Waals surface area contributed by atoms with Crippen LogP contribution < -0.4 is 4.72 Å². The van der Waals surface area contributed by atoms with E-state index in [0.29, 0.717) is 12.6 Å². The van der Waals surface area contributed by atoms with Gasteiger partial charge in [-0.15, -0.1) is 0 Å². The SMILES string of the molecule is O=CCC(C=O)NS(=O)(=O)c1ccc2ccccc2c1. The average molecular weight is 291 g/mol. The molecule has 0 aromatic heterocycles. The zero-order valence-corrected chi connectivity index (χ0v) is 11.3. The monoisotopic (exact) mass is 291 g/mol. The molecule has 6 heteroatoms. The van der Waals surface area contributed by atoms with E-state index in [4.69, 9.17) is 0 Å². The van der Waals surface area contributed by atoms with Crippen LogP contribution in [0.15, 0.2) is 47.4 Å². The van der Waals surface area contributed by atoms with E-state index in [0.717, 1.165) is 10.8 Å². The molecule has 1 unspecified atom stereocenters. The molecule has 0 bridgehead atoms. The fourth-order valence-electron chi connectivity index (χ4n) is 1.84. The zero-order chi connectivity index (χ0) is 14.6. The molecule has 1 N–H and O–H groups in total. The van der Waals surface area contributed by atoms with Crippen LogP contribution in [0.5, 0.6) is 0 Å². The second-order valence-electron chi connectivity index (χ2n) is 4.28. The average Bonchev–Trinajstić information content (AvgIpc) is 2.46. The van der Waals surface area contributed by atoms with Gasteiger partial charge in [-0.2, -0.15) is 0 Å². The quantitative estimate of drug-likeness (QED) is 0.813. The molecular formula is C14H13NO4S. The molecule has 0 aliphatic carbocycles. The van der Waals surface area contributed by atoms with E-state index in [-0.39, 0.29) is 11.3 Å². The first-order valence-corrected chi connectivity index (χ1v) is 7.45. The molecule has 0 radical (unpaired) electrons. The third-order valence-corrected chi connectivity index (χ3v) is 4.34. The summed E-state index contributed by atoms with van der Waals surface area (Å²) >= 11 is 0. The number of hydrogen-bond donors (Lipinski definition) is 1. The van der Waals surface area contributed by atoms with Crippen molar-refractivity contribution in [1.82, 2.24) is 4.72 Å². The first kappa shape index (κ1) is 14.4. The van der Waals surface area contributed by atoms with Gasteiger partial charge < -0.3 is 9.59 Å². The summed E-state index contributed by atoms with van der Waals surface area (Å²) in [6.07, 6.45) is 0.727. The van der Waals surface area contributed by atoms with E-state index >= 15 is 0 Å². The number of hydrogen-bond acceptors (Lipinski definition) is 4. The molecule has 0 saturated carbocycles. The van der Waals surface area contributed by atoms with Crippen LogP contribution in [0.4, 0.5) is 0 Å². The van der Waals surface area contributed by atoms with Crippen molar-refractivity contribution in [3.05, 3.63) is 42.5 Å². The Hall–Kier alpha value is -2.05. The van der Waals surface area contributed by atoms with Crippen molar-refractivity contribution < 1.29 is 18.0 Å². The summed E-state index contributed by atoms with van der Waals surface area (Å²) in [5.41, 5.74) is 0. The Bertz CT molecular complexity index is 740. The lowest BCUT2D eigenvalue weighted by molar-refractivity contribution is -0.113. The minimum Gasteiger partial charge on any atom is -0.303 e. The van der Waals surface area contributed by atoms with Crippen molar-refractivity contribution >= 4 is 33.4 Å². The van der Waals surface area contributed by atoms with Crippen LogP contribution in [0.25, 0.3) is 10.8 Å². The van der Waals surface area contributed by atoms with Crippen LogP contribution in [-0.2, 0) is 19.6 Å². The van der Waals surface area contributed by atoms with E-state index < -0.39 is 16.1 Å². The predicted octanol–water partition coefficient (Wildman–Crippen LogP) is 1.27. The summed E-state index contributed by atoms with van der Waals surface area (Å²) in [5, 5.41) is 1.71. The molecule has 0 aliphatic heterocycles. The molecule has 0 aliphatic rings. The number of aldehydes is 2. The number of rotatable bonds is 6. The van der Waals surface area contributed by atoms with Gasteiger partial charge in [0, 0.05) is 6.42 Å². The highest BCUT2D eigenvalue weighted by Crippen LogP contribution is 2.19. The summed E-state index contributed by atoms with van der Waals surface area (Å²) in [5.74, 6) is 0. The molecule has 5 nitrogen and oxygen atoms in total. The summed E-state index contributed by atoms with van der Waals surface area (Å²) in [6.45, 7) is 0. The van der Waals surface area contributed by atoms with Gasteiger partial charge in [0.05, 0.1) is 10.9 Å². The smallest absolute Gasteiger partial charge is 0.241 e. The van der Waals surface area contributed by atoms with Gasteiger partial charge in [0.1, 0.15) is 12.6 Å². The van der Waals surface area contributed by atoms with Crippen LogP contribution in [0, 0.1) is 0 Å². The van der Waals surface area contributed by atoms with Crippen molar-refractivity contribution in [2.75, 3.05) is 0 Å². The van der Waals surface area contributed by atoms with E-state index in [2.05, 4.69) is 4.72 Å². The van der Waals surface area contributed by atoms with Gasteiger partial charge in [0.15, 0.2) is 0 Å². The van der Waals surface area contributed by atoms with Gasteiger partial charge in [-0.3, -0.25) is 0 Å². The molecule has 1 atom stereocenters. The Morgan fingerprint density at radius 3 is 2.40 bits per heavy atom. The predicted molar refractivity (Wildman–Crippen MR) is 74.8 cm³/mol. The number of benzene rings is 2. The van der Waals surface area contributed by atoms with Crippen LogP contribution in [-0.4, -0.2) is 27.0 Å². The Morgan fingerprint density at radius 2 is 1.75 bits per heavy atom. The molecule has 2 rings (SSSR count). The molecule has 0 amide bonds. The number of nitrogens with one attached hydrogen (secondary N) is 1. The minimum absolute atomic E-state index is 0.0638. The Morgan fingerprint density at radius 1 is 1.05 bits per heavy atom. The standard InChI is InChI=1S/C14H13NO4S/c16-8-7-13(10-17)15-20(18,19)14-6-5-11-3-1-2-4-12(11)9-14/h1-6,8-10,13,15H,7H2. The van der Waals surface area contributed by atoms with Gasteiger partial charge in [-0.05, 0) is 22.9 Å². The number of carbonyl (C=O) groups excluding carboxylic acids is 2. The first-order chi connectivity index (χ1) is 9.56. The summed E-state index contributed by atoms with van der Waals surface area (Å²) in [7, 11) is -3.83. The summed E-state index contributed by atoms with van der Waals surface area (Å²) in [4.78, 5) is 21.2. The van der Waals surface area contributed by atoms with Crippen molar-refractivity contribution in [2.24, 2.45) is 0 Å². The molecule has 0 saturated heterocycles. The third-order valence-electron chi connectivity index (χ3n) is 2.85. The van der Waals surface area contributed by atoms with Gasteiger partial charge in [-0.1, -0.05) is 30.3 Å². The molecule has 2 aromatic rings. The molecule has 104 valence electrons. The van der Waals surface area contributed by atoms with Crippen LogP contribution in [0.1, 0.15) is 6.42 Å². The van der Waals surface area contributed by atoms with Gasteiger partial charge in [-0.25, -0.2) is 13.1 Å². The molecule has 0 fully saturated rings. The number of carbonyl (C=O) groups is 2. The largest absolute Gasteiger partial charge is 0.303 e. The second-order valence-corrected chi connectivity index (χ2v) is 5.99. The molecule has 0 heterocycles. The maximum Gasteiger partial charge on any atom is 0.241 e. The van der Waals surface area contributed by atoms with Crippen LogP contribution in [0.3, 0.4) is 0 Å². The Balaban J connectivity index is 2.35. The highest BCUT2D eigenvalue weighted by Gasteiger charge is 2.19. The van der Waals surface area contributed by atoms with E-state index in [9.17, 15) is 18.0 Å². The van der Waals surface area contributed by atoms with Crippen molar-refractivity contribution in [2.45, 2.75) is 17.4 Å². The molecule has 20 heavy (non-hydrogen) atoms. The lowest BCUT2D eigenvalue weighted by atomic mass is 10.1. The highest BCUT2D eigenvalue weighted by atomic mass is 32.2. The van der Waals surface area contributed by atoms with Gasteiger partial charge >= 0.3 is 0 Å². The number of fused-ring (bicyclic) bond motifs is 1. The van der Waals surface area contributed by atoms with E-state index in [1.807, 2.05) is 18.2 Å². The maximum atomic E-state index is 12.1. The minimum atomic E-state index is -3.83.